The van der Waals surface area contributed by atoms with Crippen molar-refractivity contribution in [2.24, 2.45) is 0 Å². The van der Waals surface area contributed by atoms with E-state index in [2.05, 4.69) is 21.2 Å². The van der Waals surface area contributed by atoms with Crippen LogP contribution < -0.4 is 11.1 Å². The number of carbonyl (C=O) groups is 1. The van der Waals surface area contributed by atoms with Gasteiger partial charge in [-0.15, -0.1) is 0 Å². The summed E-state index contributed by atoms with van der Waals surface area (Å²) in [7, 11) is 1.32. The third-order valence-corrected chi connectivity index (χ3v) is 4.00. The Hall–Kier alpha value is -1.72. The summed E-state index contributed by atoms with van der Waals surface area (Å²) in [5.74, 6) is -0.487. The monoisotopic (exact) mass is 368 g/mol. The molecule has 0 aliphatic rings. The van der Waals surface area contributed by atoms with E-state index in [1.165, 1.54) is 7.11 Å². The van der Waals surface area contributed by atoms with E-state index < -0.39 is 5.97 Å². The first kappa shape index (κ1) is 15.7. The standard InChI is InChI=1S/C15H14BrClN2O2/c1-21-15(20)11-6-10(18)7-13(17)14(11)19-8-9-4-2-3-5-12(9)16/h2-7,19H,8,18H2,1H3. The molecule has 2 aromatic carbocycles. The van der Waals surface area contributed by atoms with Gasteiger partial charge in [0, 0.05) is 16.7 Å². The highest BCUT2D eigenvalue weighted by Crippen LogP contribution is 2.30. The van der Waals surface area contributed by atoms with Crippen LogP contribution in [-0.4, -0.2) is 13.1 Å². The fourth-order valence-electron chi connectivity index (χ4n) is 1.90. The molecule has 0 atom stereocenters. The first-order valence-corrected chi connectivity index (χ1v) is 7.34. The predicted molar refractivity (Wildman–Crippen MR) is 88.7 cm³/mol. The quantitative estimate of drug-likeness (QED) is 0.629. The second-order valence-electron chi connectivity index (χ2n) is 4.36. The van der Waals surface area contributed by atoms with E-state index >= 15 is 0 Å². The molecule has 0 aliphatic carbocycles. The molecule has 110 valence electrons. The van der Waals surface area contributed by atoms with E-state index in [1.54, 1.807) is 12.1 Å². The second kappa shape index (κ2) is 6.83. The van der Waals surface area contributed by atoms with Gasteiger partial charge in [-0.05, 0) is 23.8 Å². The Balaban J connectivity index is 2.31. The minimum absolute atomic E-state index is 0.314. The van der Waals surface area contributed by atoms with Crippen molar-refractivity contribution in [1.82, 2.24) is 0 Å². The molecule has 2 aromatic rings. The third kappa shape index (κ3) is 3.68. The average Bonchev–Trinajstić information content (AvgIpc) is 2.46. The van der Waals surface area contributed by atoms with Crippen LogP contribution in [0, 0.1) is 0 Å². The first-order chi connectivity index (χ1) is 10.0. The number of benzene rings is 2. The number of methoxy groups -OCH3 is 1. The van der Waals surface area contributed by atoms with E-state index in [4.69, 9.17) is 22.1 Å². The molecule has 0 aromatic heterocycles. The van der Waals surface area contributed by atoms with Gasteiger partial charge >= 0.3 is 5.97 Å². The molecule has 0 unspecified atom stereocenters. The molecule has 0 fully saturated rings. The maximum atomic E-state index is 11.8. The van der Waals surface area contributed by atoms with Crippen molar-refractivity contribution in [3.8, 4) is 0 Å². The molecule has 0 saturated carbocycles. The largest absolute Gasteiger partial charge is 0.465 e. The van der Waals surface area contributed by atoms with Gasteiger partial charge in [-0.3, -0.25) is 0 Å². The fraction of sp³-hybridized carbons (Fsp3) is 0.133. The van der Waals surface area contributed by atoms with Crippen LogP contribution in [0.4, 0.5) is 11.4 Å². The summed E-state index contributed by atoms with van der Waals surface area (Å²) in [5, 5.41) is 3.54. The third-order valence-electron chi connectivity index (χ3n) is 2.93. The Morgan fingerprint density at radius 3 is 2.76 bits per heavy atom. The predicted octanol–water partition coefficient (Wildman–Crippen LogP) is 4.08. The minimum Gasteiger partial charge on any atom is -0.465 e. The number of nitrogen functional groups attached to an aromatic ring is 1. The van der Waals surface area contributed by atoms with Crippen LogP contribution in [0.3, 0.4) is 0 Å². The van der Waals surface area contributed by atoms with Crippen molar-refractivity contribution in [3.05, 3.63) is 57.0 Å². The van der Waals surface area contributed by atoms with E-state index in [-0.39, 0.29) is 0 Å². The summed E-state index contributed by atoms with van der Waals surface area (Å²) in [6.45, 7) is 0.509. The Kier molecular flexibility index (Phi) is 5.09. The van der Waals surface area contributed by atoms with E-state index in [9.17, 15) is 4.79 Å². The molecule has 0 heterocycles. The number of esters is 1. The smallest absolute Gasteiger partial charge is 0.340 e. The molecule has 0 aliphatic heterocycles. The van der Waals surface area contributed by atoms with Crippen molar-refractivity contribution >= 4 is 44.9 Å². The molecule has 0 amide bonds. The Bertz CT molecular complexity index is 677. The molecule has 4 nitrogen and oxygen atoms in total. The lowest BCUT2D eigenvalue weighted by Crippen LogP contribution is -2.10. The van der Waals surface area contributed by atoms with Crippen LogP contribution in [0.5, 0.6) is 0 Å². The van der Waals surface area contributed by atoms with Crippen molar-refractivity contribution in [2.75, 3.05) is 18.2 Å². The maximum absolute atomic E-state index is 11.8. The van der Waals surface area contributed by atoms with Gasteiger partial charge in [-0.1, -0.05) is 45.7 Å². The van der Waals surface area contributed by atoms with Gasteiger partial charge in [0.15, 0.2) is 0 Å². The topological polar surface area (TPSA) is 64.3 Å². The molecule has 2 rings (SSSR count). The number of ether oxygens (including phenoxy) is 1. The summed E-state index contributed by atoms with van der Waals surface area (Å²) in [6.07, 6.45) is 0. The van der Waals surface area contributed by atoms with Crippen molar-refractivity contribution in [2.45, 2.75) is 6.54 Å². The van der Waals surface area contributed by atoms with Gasteiger partial charge < -0.3 is 15.8 Å². The lowest BCUT2D eigenvalue weighted by Gasteiger charge is -2.14. The molecule has 3 N–H and O–H groups in total. The molecule has 0 saturated heterocycles. The van der Waals surface area contributed by atoms with Crippen molar-refractivity contribution in [1.29, 1.82) is 0 Å². The number of rotatable bonds is 4. The van der Waals surface area contributed by atoms with Gasteiger partial charge in [-0.25, -0.2) is 4.79 Å². The van der Waals surface area contributed by atoms with E-state index in [1.807, 2.05) is 24.3 Å². The van der Waals surface area contributed by atoms with Crippen LogP contribution in [0.1, 0.15) is 15.9 Å². The molecule has 0 bridgehead atoms. The maximum Gasteiger partial charge on any atom is 0.340 e. The number of hydrogen-bond acceptors (Lipinski definition) is 4. The summed E-state index contributed by atoms with van der Waals surface area (Å²) >= 11 is 9.66. The van der Waals surface area contributed by atoms with Gasteiger partial charge in [-0.2, -0.15) is 0 Å². The first-order valence-electron chi connectivity index (χ1n) is 6.17. The summed E-state index contributed by atoms with van der Waals surface area (Å²) in [6, 6.07) is 10.9. The van der Waals surface area contributed by atoms with Crippen molar-refractivity contribution < 1.29 is 9.53 Å². The minimum atomic E-state index is -0.487. The van der Waals surface area contributed by atoms with Crippen LogP contribution in [0.15, 0.2) is 40.9 Å². The Morgan fingerprint density at radius 1 is 1.38 bits per heavy atom. The summed E-state index contributed by atoms with van der Waals surface area (Å²) in [4.78, 5) is 11.8. The fourth-order valence-corrected chi connectivity index (χ4v) is 2.62. The van der Waals surface area contributed by atoms with Gasteiger partial charge in [0.2, 0.25) is 0 Å². The number of anilines is 2. The average molecular weight is 370 g/mol. The molecule has 0 radical (unpaired) electrons. The Morgan fingerprint density at radius 2 is 2.10 bits per heavy atom. The highest BCUT2D eigenvalue weighted by Gasteiger charge is 2.16. The van der Waals surface area contributed by atoms with Gasteiger partial charge in [0.1, 0.15) is 0 Å². The molecular formula is C15H14BrClN2O2. The van der Waals surface area contributed by atoms with Crippen LogP contribution in [0.25, 0.3) is 0 Å². The molecule has 6 heteroatoms. The Labute approximate surface area is 136 Å². The number of nitrogens with one attached hydrogen (secondary N) is 1. The molecule has 21 heavy (non-hydrogen) atoms. The normalized spacial score (nSPS) is 10.2. The SMILES string of the molecule is COC(=O)c1cc(N)cc(Cl)c1NCc1ccccc1Br. The number of halogens is 2. The van der Waals surface area contributed by atoms with E-state index in [0.29, 0.717) is 28.5 Å². The second-order valence-corrected chi connectivity index (χ2v) is 5.62. The summed E-state index contributed by atoms with van der Waals surface area (Å²) in [5.41, 5.74) is 8.00. The molecule has 0 spiro atoms. The number of carbonyl (C=O) groups excluding carboxylic acids is 1. The van der Waals surface area contributed by atoms with Gasteiger partial charge in [0.05, 0.1) is 23.4 Å². The molecular weight excluding hydrogens is 356 g/mol. The van der Waals surface area contributed by atoms with Crippen LogP contribution in [-0.2, 0) is 11.3 Å². The van der Waals surface area contributed by atoms with Gasteiger partial charge in [0.25, 0.3) is 0 Å². The lowest BCUT2D eigenvalue weighted by atomic mass is 10.1. The highest BCUT2D eigenvalue weighted by atomic mass is 79.9. The zero-order valence-electron chi connectivity index (χ0n) is 11.3. The van der Waals surface area contributed by atoms with E-state index in [0.717, 1.165) is 10.0 Å². The van der Waals surface area contributed by atoms with Crippen LogP contribution in [0.2, 0.25) is 5.02 Å². The summed E-state index contributed by atoms with van der Waals surface area (Å²) < 4.78 is 5.74. The number of hydrogen-bond donors (Lipinski definition) is 2. The number of nitrogens with two attached hydrogens (primary N) is 1. The lowest BCUT2D eigenvalue weighted by molar-refractivity contribution is 0.0602. The zero-order chi connectivity index (χ0) is 15.4. The highest BCUT2D eigenvalue weighted by molar-refractivity contribution is 9.10. The van der Waals surface area contributed by atoms with Crippen molar-refractivity contribution in [3.63, 3.8) is 0 Å². The zero-order valence-corrected chi connectivity index (χ0v) is 13.7. The van der Waals surface area contributed by atoms with Crippen LogP contribution >= 0.6 is 27.5 Å².